The summed E-state index contributed by atoms with van der Waals surface area (Å²) in [5, 5.41) is 12.8. The first-order valence-corrected chi connectivity index (χ1v) is 9.10. The standard InChI is InChI=1S/C21H22N2O5/c1-14(24)28-17-6-4-5-15(13-17)20(26)22-16-9-11-23(12-10-16)21(27)18-7-2-3-8-19(18)25/h2-8,13,16,25H,9-12H2,1H3,(H,22,26). The summed E-state index contributed by atoms with van der Waals surface area (Å²) in [4.78, 5) is 37.7. The molecule has 1 aliphatic heterocycles. The Kier molecular flexibility index (Phi) is 5.93. The maximum absolute atomic E-state index is 12.5. The summed E-state index contributed by atoms with van der Waals surface area (Å²) in [6.07, 6.45) is 1.24. The van der Waals surface area contributed by atoms with Crippen molar-refractivity contribution in [2.24, 2.45) is 0 Å². The molecule has 1 heterocycles. The fourth-order valence-corrected chi connectivity index (χ4v) is 3.19. The molecule has 0 radical (unpaired) electrons. The summed E-state index contributed by atoms with van der Waals surface area (Å²) in [5.41, 5.74) is 0.693. The third-order valence-corrected chi connectivity index (χ3v) is 4.61. The molecule has 28 heavy (non-hydrogen) atoms. The number of carbonyl (C=O) groups is 3. The largest absolute Gasteiger partial charge is 0.507 e. The second-order valence-corrected chi connectivity index (χ2v) is 6.68. The van der Waals surface area contributed by atoms with Crippen LogP contribution in [0.15, 0.2) is 48.5 Å². The number of ether oxygens (including phenoxy) is 1. The zero-order valence-electron chi connectivity index (χ0n) is 15.6. The van der Waals surface area contributed by atoms with Gasteiger partial charge in [-0.15, -0.1) is 0 Å². The average molecular weight is 382 g/mol. The molecular weight excluding hydrogens is 360 g/mol. The molecular formula is C21H22N2O5. The van der Waals surface area contributed by atoms with Gasteiger partial charge in [0.2, 0.25) is 0 Å². The van der Waals surface area contributed by atoms with E-state index in [0.29, 0.717) is 37.2 Å². The molecule has 7 heteroatoms. The molecule has 2 amide bonds. The van der Waals surface area contributed by atoms with Crippen molar-refractivity contribution in [1.29, 1.82) is 0 Å². The molecule has 1 aliphatic rings. The van der Waals surface area contributed by atoms with Gasteiger partial charge in [-0.25, -0.2) is 0 Å². The van der Waals surface area contributed by atoms with Crippen LogP contribution in [0.2, 0.25) is 0 Å². The van der Waals surface area contributed by atoms with Gasteiger partial charge in [-0.2, -0.15) is 0 Å². The lowest BCUT2D eigenvalue weighted by Crippen LogP contribution is -2.46. The first-order chi connectivity index (χ1) is 13.4. The van der Waals surface area contributed by atoms with Gasteiger partial charge in [-0.05, 0) is 43.2 Å². The van der Waals surface area contributed by atoms with Gasteiger partial charge in [0.1, 0.15) is 11.5 Å². The van der Waals surface area contributed by atoms with Crippen LogP contribution in [0.3, 0.4) is 0 Å². The number of benzene rings is 2. The topological polar surface area (TPSA) is 95.9 Å². The van der Waals surface area contributed by atoms with E-state index >= 15 is 0 Å². The van der Waals surface area contributed by atoms with Crippen molar-refractivity contribution in [1.82, 2.24) is 10.2 Å². The van der Waals surface area contributed by atoms with E-state index in [1.54, 1.807) is 41.3 Å². The molecule has 2 N–H and O–H groups in total. The first-order valence-electron chi connectivity index (χ1n) is 9.10. The summed E-state index contributed by atoms with van der Waals surface area (Å²) in [6, 6.07) is 12.9. The molecule has 2 aromatic carbocycles. The van der Waals surface area contributed by atoms with Gasteiger partial charge in [0.25, 0.3) is 11.8 Å². The molecule has 0 unspecified atom stereocenters. The second kappa shape index (κ2) is 8.56. The molecule has 146 valence electrons. The Hall–Kier alpha value is -3.35. The summed E-state index contributed by atoms with van der Waals surface area (Å²) in [7, 11) is 0. The van der Waals surface area contributed by atoms with Crippen LogP contribution in [0.25, 0.3) is 0 Å². The minimum absolute atomic E-state index is 0.0319. The van der Waals surface area contributed by atoms with E-state index in [1.807, 2.05) is 0 Å². The highest BCUT2D eigenvalue weighted by Gasteiger charge is 2.26. The van der Waals surface area contributed by atoms with Crippen LogP contribution in [0.5, 0.6) is 11.5 Å². The summed E-state index contributed by atoms with van der Waals surface area (Å²) >= 11 is 0. The lowest BCUT2D eigenvalue weighted by atomic mass is 10.0. The van der Waals surface area contributed by atoms with Crippen molar-refractivity contribution < 1.29 is 24.2 Å². The van der Waals surface area contributed by atoms with E-state index in [4.69, 9.17) is 4.74 Å². The van der Waals surface area contributed by atoms with E-state index in [0.717, 1.165) is 0 Å². The maximum atomic E-state index is 12.5. The van der Waals surface area contributed by atoms with Crippen molar-refractivity contribution in [2.75, 3.05) is 13.1 Å². The van der Waals surface area contributed by atoms with Crippen molar-refractivity contribution in [3.63, 3.8) is 0 Å². The highest BCUT2D eigenvalue weighted by Crippen LogP contribution is 2.21. The number of amides is 2. The number of nitrogens with one attached hydrogen (secondary N) is 1. The number of hydrogen-bond acceptors (Lipinski definition) is 5. The number of para-hydroxylation sites is 1. The van der Waals surface area contributed by atoms with Crippen molar-refractivity contribution >= 4 is 17.8 Å². The molecule has 0 bridgehead atoms. The molecule has 0 atom stereocenters. The second-order valence-electron chi connectivity index (χ2n) is 6.68. The molecule has 0 aliphatic carbocycles. The smallest absolute Gasteiger partial charge is 0.308 e. The predicted octanol–water partition coefficient (Wildman–Crippen LogP) is 2.35. The van der Waals surface area contributed by atoms with Crippen LogP contribution in [-0.4, -0.2) is 46.9 Å². The van der Waals surface area contributed by atoms with E-state index in [2.05, 4.69) is 5.32 Å². The fourth-order valence-electron chi connectivity index (χ4n) is 3.19. The molecule has 0 saturated carbocycles. The number of carbonyl (C=O) groups excluding carboxylic acids is 3. The Labute approximate surface area is 162 Å². The number of likely N-dealkylation sites (tertiary alicyclic amines) is 1. The van der Waals surface area contributed by atoms with E-state index in [1.165, 1.54) is 19.1 Å². The number of phenolic OH excluding ortho intramolecular Hbond substituents is 1. The SMILES string of the molecule is CC(=O)Oc1cccc(C(=O)NC2CCN(C(=O)c3ccccc3O)CC2)c1. The average Bonchev–Trinajstić information content (AvgIpc) is 2.68. The van der Waals surface area contributed by atoms with Crippen molar-refractivity contribution in [3.8, 4) is 11.5 Å². The van der Waals surface area contributed by atoms with Crippen LogP contribution < -0.4 is 10.1 Å². The number of hydrogen-bond donors (Lipinski definition) is 2. The Bertz CT molecular complexity index is 888. The van der Waals surface area contributed by atoms with E-state index < -0.39 is 5.97 Å². The monoisotopic (exact) mass is 382 g/mol. The number of phenols is 1. The summed E-state index contributed by atoms with van der Waals surface area (Å²) in [6.45, 7) is 2.29. The third-order valence-electron chi connectivity index (χ3n) is 4.61. The quantitative estimate of drug-likeness (QED) is 0.625. The Morgan fingerprint density at radius 3 is 2.46 bits per heavy atom. The van der Waals surface area contributed by atoms with E-state index in [9.17, 15) is 19.5 Å². The normalized spacial score (nSPS) is 14.4. The van der Waals surface area contributed by atoms with Crippen LogP contribution in [0.4, 0.5) is 0 Å². The summed E-state index contributed by atoms with van der Waals surface area (Å²) < 4.78 is 5.00. The molecule has 0 spiro atoms. The number of piperidine rings is 1. The van der Waals surface area contributed by atoms with Crippen LogP contribution >= 0.6 is 0 Å². The molecule has 1 saturated heterocycles. The lowest BCUT2D eigenvalue weighted by Gasteiger charge is -2.32. The van der Waals surface area contributed by atoms with Gasteiger partial charge in [-0.3, -0.25) is 14.4 Å². The minimum Gasteiger partial charge on any atom is -0.507 e. The summed E-state index contributed by atoms with van der Waals surface area (Å²) in [5.74, 6) is -0.616. The molecule has 3 rings (SSSR count). The number of nitrogens with zero attached hydrogens (tertiary/aromatic N) is 1. The number of rotatable bonds is 4. The van der Waals surface area contributed by atoms with Gasteiger partial charge in [0.05, 0.1) is 5.56 Å². The van der Waals surface area contributed by atoms with Crippen LogP contribution in [-0.2, 0) is 4.79 Å². The van der Waals surface area contributed by atoms with Gasteiger partial charge >= 0.3 is 5.97 Å². The Balaban J connectivity index is 1.55. The zero-order chi connectivity index (χ0) is 20.1. The number of aromatic hydroxyl groups is 1. The fraction of sp³-hybridized carbons (Fsp3) is 0.286. The number of esters is 1. The van der Waals surface area contributed by atoms with Crippen molar-refractivity contribution in [2.45, 2.75) is 25.8 Å². The zero-order valence-corrected chi connectivity index (χ0v) is 15.6. The van der Waals surface area contributed by atoms with Crippen LogP contribution in [0, 0.1) is 0 Å². The lowest BCUT2D eigenvalue weighted by molar-refractivity contribution is -0.131. The van der Waals surface area contributed by atoms with Gasteiger partial charge < -0.3 is 20.1 Å². The predicted molar refractivity (Wildman–Crippen MR) is 102 cm³/mol. The van der Waals surface area contributed by atoms with Crippen LogP contribution in [0.1, 0.15) is 40.5 Å². The Morgan fingerprint density at radius 1 is 1.07 bits per heavy atom. The van der Waals surface area contributed by atoms with Gasteiger partial charge in [0.15, 0.2) is 0 Å². The van der Waals surface area contributed by atoms with Crippen molar-refractivity contribution in [3.05, 3.63) is 59.7 Å². The molecule has 2 aromatic rings. The molecule has 0 aromatic heterocycles. The maximum Gasteiger partial charge on any atom is 0.308 e. The third kappa shape index (κ3) is 4.68. The molecule has 1 fully saturated rings. The molecule has 7 nitrogen and oxygen atoms in total. The van der Waals surface area contributed by atoms with E-state index in [-0.39, 0.29) is 29.2 Å². The van der Waals surface area contributed by atoms with Gasteiger partial charge in [-0.1, -0.05) is 18.2 Å². The van der Waals surface area contributed by atoms with Gasteiger partial charge in [0, 0.05) is 31.6 Å². The Morgan fingerprint density at radius 2 is 1.79 bits per heavy atom. The minimum atomic E-state index is -0.445. The highest BCUT2D eigenvalue weighted by molar-refractivity contribution is 5.97. The first kappa shape index (κ1) is 19.4. The highest BCUT2D eigenvalue weighted by atomic mass is 16.5.